The molecule has 1 aromatic rings. The van der Waals surface area contributed by atoms with E-state index in [1.807, 2.05) is 25.1 Å². The van der Waals surface area contributed by atoms with Crippen molar-refractivity contribution in [2.75, 3.05) is 0 Å². The van der Waals surface area contributed by atoms with Crippen LogP contribution >= 0.6 is 0 Å². The monoisotopic (exact) mass is 229 g/mol. The molecule has 0 atom stereocenters. The van der Waals surface area contributed by atoms with Crippen LogP contribution in [0.15, 0.2) is 18.2 Å². The van der Waals surface area contributed by atoms with Gasteiger partial charge in [0.15, 0.2) is 0 Å². The van der Waals surface area contributed by atoms with Crippen LogP contribution in [0.1, 0.15) is 43.7 Å². The standard InChI is InChI=1S/C15H19NO/c1-11-3-6-14(7-4-11)17-15-8-5-13(10-16)9-12(15)2/h5,8-9,11,14H,3-4,6-7H2,1-2H3. The third kappa shape index (κ3) is 3.00. The first-order valence-electron chi connectivity index (χ1n) is 6.36. The summed E-state index contributed by atoms with van der Waals surface area (Å²) in [6.07, 6.45) is 5.19. The zero-order chi connectivity index (χ0) is 12.3. The lowest BCUT2D eigenvalue weighted by Gasteiger charge is -2.27. The van der Waals surface area contributed by atoms with Crippen LogP contribution in [-0.2, 0) is 0 Å². The summed E-state index contributed by atoms with van der Waals surface area (Å²) in [5.41, 5.74) is 1.76. The van der Waals surface area contributed by atoms with Gasteiger partial charge in [0.25, 0.3) is 0 Å². The van der Waals surface area contributed by atoms with Gasteiger partial charge in [-0.15, -0.1) is 0 Å². The number of nitriles is 1. The Morgan fingerprint density at radius 2 is 1.94 bits per heavy atom. The normalized spacial score (nSPS) is 24.1. The highest BCUT2D eigenvalue weighted by molar-refractivity contribution is 5.41. The highest BCUT2D eigenvalue weighted by Crippen LogP contribution is 2.28. The van der Waals surface area contributed by atoms with Gasteiger partial charge in [0.2, 0.25) is 0 Å². The maximum absolute atomic E-state index is 8.81. The lowest BCUT2D eigenvalue weighted by molar-refractivity contribution is 0.134. The van der Waals surface area contributed by atoms with Gasteiger partial charge < -0.3 is 4.74 Å². The molecule has 1 fully saturated rings. The van der Waals surface area contributed by atoms with E-state index in [1.165, 1.54) is 12.8 Å². The highest BCUT2D eigenvalue weighted by atomic mass is 16.5. The van der Waals surface area contributed by atoms with Crippen molar-refractivity contribution in [3.63, 3.8) is 0 Å². The Balaban J connectivity index is 2.02. The van der Waals surface area contributed by atoms with Crippen LogP contribution < -0.4 is 4.74 Å². The van der Waals surface area contributed by atoms with E-state index in [4.69, 9.17) is 10.00 Å². The van der Waals surface area contributed by atoms with Crippen molar-refractivity contribution < 1.29 is 4.74 Å². The van der Waals surface area contributed by atoms with E-state index in [-0.39, 0.29) is 0 Å². The van der Waals surface area contributed by atoms with Gasteiger partial charge in [-0.25, -0.2) is 0 Å². The summed E-state index contributed by atoms with van der Waals surface area (Å²) in [6, 6.07) is 7.79. The van der Waals surface area contributed by atoms with E-state index < -0.39 is 0 Å². The first kappa shape index (κ1) is 12.0. The van der Waals surface area contributed by atoms with Crippen molar-refractivity contribution in [2.45, 2.75) is 45.6 Å². The van der Waals surface area contributed by atoms with Crippen LogP contribution in [0.4, 0.5) is 0 Å². The average molecular weight is 229 g/mol. The predicted octanol–water partition coefficient (Wildman–Crippen LogP) is 3.82. The molecule has 0 radical (unpaired) electrons. The molecule has 0 aromatic heterocycles. The molecule has 2 nitrogen and oxygen atoms in total. The minimum Gasteiger partial charge on any atom is -0.490 e. The van der Waals surface area contributed by atoms with Crippen LogP contribution in [0.3, 0.4) is 0 Å². The molecule has 0 heterocycles. The summed E-state index contributed by atoms with van der Waals surface area (Å²) < 4.78 is 6.02. The average Bonchev–Trinajstić information content (AvgIpc) is 2.34. The van der Waals surface area contributed by atoms with Gasteiger partial charge in [-0.3, -0.25) is 0 Å². The second kappa shape index (κ2) is 5.23. The van der Waals surface area contributed by atoms with Gasteiger partial charge in [0.1, 0.15) is 5.75 Å². The molecule has 0 N–H and O–H groups in total. The van der Waals surface area contributed by atoms with Crippen molar-refractivity contribution >= 4 is 0 Å². The van der Waals surface area contributed by atoms with Gasteiger partial charge in [0.05, 0.1) is 17.7 Å². The summed E-state index contributed by atoms with van der Waals surface area (Å²) in [5, 5.41) is 8.81. The van der Waals surface area contributed by atoms with Gasteiger partial charge in [-0.2, -0.15) is 5.26 Å². The number of aryl methyl sites for hydroxylation is 1. The van der Waals surface area contributed by atoms with Crippen LogP contribution in [0, 0.1) is 24.2 Å². The summed E-state index contributed by atoms with van der Waals surface area (Å²) >= 11 is 0. The maximum atomic E-state index is 8.81. The zero-order valence-corrected chi connectivity index (χ0v) is 10.6. The molecule has 1 aromatic carbocycles. The number of hydrogen-bond acceptors (Lipinski definition) is 2. The van der Waals surface area contributed by atoms with Crippen LogP contribution in [0.2, 0.25) is 0 Å². The van der Waals surface area contributed by atoms with Gasteiger partial charge >= 0.3 is 0 Å². The van der Waals surface area contributed by atoms with E-state index in [2.05, 4.69) is 13.0 Å². The van der Waals surface area contributed by atoms with E-state index in [1.54, 1.807) is 0 Å². The van der Waals surface area contributed by atoms with E-state index in [9.17, 15) is 0 Å². The quantitative estimate of drug-likeness (QED) is 0.772. The minimum absolute atomic E-state index is 0.359. The summed E-state index contributed by atoms with van der Waals surface area (Å²) in [4.78, 5) is 0. The molecular formula is C15H19NO. The lowest BCUT2D eigenvalue weighted by atomic mass is 9.89. The Labute approximate surface area is 103 Å². The summed E-state index contributed by atoms with van der Waals surface area (Å²) in [7, 11) is 0. The highest BCUT2D eigenvalue weighted by Gasteiger charge is 2.19. The first-order chi connectivity index (χ1) is 8.19. The molecule has 0 spiro atoms. The lowest BCUT2D eigenvalue weighted by Crippen LogP contribution is -2.23. The number of benzene rings is 1. The van der Waals surface area contributed by atoms with Crippen LogP contribution in [-0.4, -0.2) is 6.10 Å². The van der Waals surface area contributed by atoms with E-state index in [0.29, 0.717) is 11.7 Å². The van der Waals surface area contributed by atoms with Gasteiger partial charge in [-0.05, 0) is 62.3 Å². The van der Waals surface area contributed by atoms with Crippen molar-refractivity contribution in [2.24, 2.45) is 5.92 Å². The first-order valence-corrected chi connectivity index (χ1v) is 6.36. The number of hydrogen-bond donors (Lipinski definition) is 0. The van der Waals surface area contributed by atoms with Gasteiger partial charge in [-0.1, -0.05) is 6.92 Å². The Morgan fingerprint density at radius 1 is 1.24 bits per heavy atom. The van der Waals surface area contributed by atoms with Crippen molar-refractivity contribution in [3.8, 4) is 11.8 Å². The molecule has 0 unspecified atom stereocenters. The molecule has 90 valence electrons. The predicted molar refractivity (Wildman–Crippen MR) is 67.9 cm³/mol. The van der Waals surface area contributed by atoms with Gasteiger partial charge in [0, 0.05) is 0 Å². The number of nitrogens with zero attached hydrogens (tertiary/aromatic N) is 1. The fourth-order valence-corrected chi connectivity index (χ4v) is 2.38. The zero-order valence-electron chi connectivity index (χ0n) is 10.6. The maximum Gasteiger partial charge on any atom is 0.122 e. The number of ether oxygens (including phenoxy) is 1. The number of rotatable bonds is 2. The molecule has 17 heavy (non-hydrogen) atoms. The second-order valence-corrected chi connectivity index (χ2v) is 5.09. The summed E-state index contributed by atoms with van der Waals surface area (Å²) in [6.45, 7) is 4.31. The smallest absolute Gasteiger partial charge is 0.122 e. The molecule has 1 saturated carbocycles. The van der Waals surface area contributed by atoms with Crippen molar-refractivity contribution in [1.29, 1.82) is 5.26 Å². The Kier molecular flexibility index (Phi) is 3.68. The topological polar surface area (TPSA) is 33.0 Å². The third-order valence-corrected chi connectivity index (χ3v) is 3.56. The Bertz CT molecular complexity index is 425. The molecule has 0 aliphatic heterocycles. The van der Waals surface area contributed by atoms with E-state index >= 15 is 0 Å². The Hall–Kier alpha value is -1.49. The van der Waals surface area contributed by atoms with Crippen molar-refractivity contribution in [1.82, 2.24) is 0 Å². The van der Waals surface area contributed by atoms with E-state index in [0.717, 1.165) is 30.1 Å². The molecule has 0 amide bonds. The molecular weight excluding hydrogens is 210 g/mol. The Morgan fingerprint density at radius 3 is 2.53 bits per heavy atom. The SMILES string of the molecule is Cc1cc(C#N)ccc1OC1CCC(C)CC1. The van der Waals surface area contributed by atoms with Crippen LogP contribution in [0.5, 0.6) is 5.75 Å². The molecule has 1 aliphatic rings. The second-order valence-electron chi connectivity index (χ2n) is 5.09. The molecule has 1 aliphatic carbocycles. The van der Waals surface area contributed by atoms with Crippen LogP contribution in [0.25, 0.3) is 0 Å². The minimum atomic E-state index is 0.359. The molecule has 2 heteroatoms. The molecule has 0 bridgehead atoms. The third-order valence-electron chi connectivity index (χ3n) is 3.56. The molecule has 0 saturated heterocycles. The largest absolute Gasteiger partial charge is 0.490 e. The van der Waals surface area contributed by atoms with Crippen molar-refractivity contribution in [3.05, 3.63) is 29.3 Å². The molecule has 2 rings (SSSR count). The summed E-state index contributed by atoms with van der Waals surface area (Å²) in [5.74, 6) is 1.78. The fourth-order valence-electron chi connectivity index (χ4n) is 2.38. The fraction of sp³-hybridized carbons (Fsp3) is 0.533.